The zero-order chi connectivity index (χ0) is 30.2. The van der Waals surface area contributed by atoms with Gasteiger partial charge in [-0.25, -0.2) is 0 Å². The summed E-state index contributed by atoms with van der Waals surface area (Å²) in [5, 5.41) is 9.53. The van der Waals surface area contributed by atoms with Crippen molar-refractivity contribution in [1.82, 2.24) is 10.6 Å². The van der Waals surface area contributed by atoms with Gasteiger partial charge >= 0.3 is 0 Å². The molecule has 0 radical (unpaired) electrons. The molecule has 4 rings (SSSR count). The molecule has 2 atom stereocenters. The van der Waals surface area contributed by atoms with E-state index in [2.05, 4.69) is 16.0 Å². The number of rotatable bonds is 11. The quantitative estimate of drug-likeness (QED) is 0.337. The lowest BCUT2D eigenvalue weighted by molar-refractivity contribution is -0.123. The summed E-state index contributed by atoms with van der Waals surface area (Å²) < 4.78 is 17.1. The van der Waals surface area contributed by atoms with Gasteiger partial charge in [0.25, 0.3) is 0 Å². The molecule has 0 saturated heterocycles. The van der Waals surface area contributed by atoms with Gasteiger partial charge in [-0.15, -0.1) is 0 Å². The second-order valence-corrected chi connectivity index (χ2v) is 11.9. The van der Waals surface area contributed by atoms with Crippen molar-refractivity contribution in [3.05, 3.63) is 45.6 Å². The fourth-order valence-corrected chi connectivity index (χ4v) is 6.54. The molecule has 1 fully saturated rings. The van der Waals surface area contributed by atoms with Crippen LogP contribution in [0, 0.1) is 0 Å². The molecule has 2 aliphatic carbocycles. The Hall–Kier alpha value is -3.40. The van der Waals surface area contributed by atoms with Crippen LogP contribution in [0.4, 0.5) is 5.69 Å². The van der Waals surface area contributed by atoms with E-state index in [1.807, 2.05) is 18.4 Å². The fraction of sp³-hybridized carbons (Fsp3) is 0.531. The predicted molar refractivity (Wildman–Crippen MR) is 168 cm³/mol. The van der Waals surface area contributed by atoms with Crippen LogP contribution in [0.1, 0.15) is 69.0 Å². The highest BCUT2D eigenvalue weighted by atomic mass is 32.2. The summed E-state index contributed by atoms with van der Waals surface area (Å²) in [6.07, 6.45) is 9.20. The summed E-state index contributed by atoms with van der Waals surface area (Å²) in [4.78, 5) is 39.4. The van der Waals surface area contributed by atoms with Crippen LogP contribution >= 0.6 is 11.8 Å². The zero-order valence-corrected chi connectivity index (χ0v) is 26.1. The van der Waals surface area contributed by atoms with Crippen LogP contribution in [-0.2, 0) is 16.0 Å². The number of amides is 2. The molecule has 0 heterocycles. The lowest BCUT2D eigenvalue weighted by Crippen LogP contribution is -2.46. The molecule has 2 amide bonds. The van der Waals surface area contributed by atoms with Crippen molar-refractivity contribution >= 4 is 29.3 Å². The third-order valence-electron chi connectivity index (χ3n) is 8.12. The van der Waals surface area contributed by atoms with Gasteiger partial charge < -0.3 is 30.2 Å². The Morgan fingerprint density at radius 1 is 0.976 bits per heavy atom. The normalized spacial score (nSPS) is 17.1. The number of thioether (sulfide) groups is 1. The van der Waals surface area contributed by atoms with Gasteiger partial charge in [-0.1, -0.05) is 25.3 Å². The molecule has 2 aliphatic rings. The summed E-state index contributed by atoms with van der Waals surface area (Å²) in [5.74, 6) is 1.99. The molecule has 0 unspecified atom stereocenters. The average molecular weight is 598 g/mol. The number of fused-ring (bicyclic) bond motifs is 3. The highest BCUT2D eigenvalue weighted by Crippen LogP contribution is 2.50. The highest BCUT2D eigenvalue weighted by molar-refractivity contribution is 7.98. The maximum Gasteiger partial charge on any atom is 0.242 e. The first-order valence-electron chi connectivity index (χ1n) is 14.6. The molecular formula is C32H43N3O6S. The number of carbonyl (C=O) groups excluding carboxylic acids is 2. The molecule has 0 aromatic heterocycles. The van der Waals surface area contributed by atoms with Crippen molar-refractivity contribution in [2.24, 2.45) is 0 Å². The fourth-order valence-electron chi connectivity index (χ4n) is 6.07. The van der Waals surface area contributed by atoms with Crippen LogP contribution in [0.15, 0.2) is 29.1 Å². The SMILES string of the molecule is COc1cc2c(c(OC)c1OC)-c1ccc(N[C@@H](CCSC)C(=O)NC3CCCCC3)c(=O)cc1[C@@H](NC(C)=O)CC2. The third kappa shape index (κ3) is 7.14. The lowest BCUT2D eigenvalue weighted by atomic mass is 9.95. The Morgan fingerprint density at radius 2 is 1.71 bits per heavy atom. The average Bonchev–Trinajstić information content (AvgIpc) is 3.22. The van der Waals surface area contributed by atoms with E-state index in [1.165, 1.54) is 13.3 Å². The number of hydrogen-bond acceptors (Lipinski definition) is 8. The summed E-state index contributed by atoms with van der Waals surface area (Å²) >= 11 is 1.66. The molecule has 0 bridgehead atoms. The Labute approximate surface area is 252 Å². The number of benzene rings is 1. The van der Waals surface area contributed by atoms with Gasteiger partial charge in [0.15, 0.2) is 11.5 Å². The van der Waals surface area contributed by atoms with Crippen LogP contribution in [0.5, 0.6) is 17.2 Å². The van der Waals surface area contributed by atoms with E-state index in [-0.39, 0.29) is 23.3 Å². The summed E-state index contributed by atoms with van der Waals surface area (Å²) in [5.41, 5.74) is 3.24. The van der Waals surface area contributed by atoms with E-state index >= 15 is 0 Å². The minimum absolute atomic E-state index is 0.0802. The number of anilines is 1. The van der Waals surface area contributed by atoms with Crippen molar-refractivity contribution in [2.75, 3.05) is 38.7 Å². The second kappa shape index (κ2) is 14.7. The Morgan fingerprint density at radius 3 is 2.36 bits per heavy atom. The number of carbonyl (C=O) groups is 2. The van der Waals surface area contributed by atoms with E-state index in [0.29, 0.717) is 47.8 Å². The number of methoxy groups -OCH3 is 3. The molecule has 9 nitrogen and oxygen atoms in total. The summed E-state index contributed by atoms with van der Waals surface area (Å²) in [7, 11) is 4.71. The molecule has 228 valence electrons. The van der Waals surface area contributed by atoms with Gasteiger partial charge in [0, 0.05) is 18.5 Å². The molecule has 3 N–H and O–H groups in total. The van der Waals surface area contributed by atoms with Gasteiger partial charge in [-0.2, -0.15) is 11.8 Å². The van der Waals surface area contributed by atoms with Crippen LogP contribution < -0.4 is 35.6 Å². The molecule has 42 heavy (non-hydrogen) atoms. The maximum absolute atomic E-state index is 13.8. The summed E-state index contributed by atoms with van der Waals surface area (Å²) in [6.45, 7) is 1.47. The second-order valence-electron chi connectivity index (χ2n) is 10.9. The molecule has 2 aromatic rings. The van der Waals surface area contributed by atoms with Gasteiger partial charge in [0.05, 0.1) is 33.1 Å². The van der Waals surface area contributed by atoms with Crippen molar-refractivity contribution < 1.29 is 23.8 Å². The van der Waals surface area contributed by atoms with Crippen molar-refractivity contribution in [3.63, 3.8) is 0 Å². The van der Waals surface area contributed by atoms with E-state index < -0.39 is 12.1 Å². The van der Waals surface area contributed by atoms with Crippen molar-refractivity contribution in [2.45, 2.75) is 76.4 Å². The standard InChI is InChI=1S/C32H43N3O6S/c1-19(36)33-24-13-11-20-17-28(39-2)30(40-3)31(41-4)29(20)22-12-14-25(27(37)18-23(22)24)35-26(15-16-42-5)32(38)34-21-9-7-6-8-10-21/h12,14,17-18,21,24,26H,6-11,13,15-16H2,1-5H3,(H,33,36)(H,34,38)(H,35,37)/t24-,26-/m0/s1. The molecule has 10 heteroatoms. The summed E-state index contributed by atoms with van der Waals surface area (Å²) in [6, 6.07) is 6.33. The molecule has 0 aliphatic heterocycles. The van der Waals surface area contributed by atoms with E-state index in [4.69, 9.17) is 14.2 Å². The number of nitrogens with one attached hydrogen (secondary N) is 3. The van der Waals surface area contributed by atoms with Gasteiger partial charge in [0.1, 0.15) is 6.04 Å². The number of ether oxygens (including phenoxy) is 3. The van der Waals surface area contributed by atoms with Gasteiger partial charge in [-0.05, 0) is 79.0 Å². The van der Waals surface area contributed by atoms with Crippen LogP contribution in [0.3, 0.4) is 0 Å². The molecular weight excluding hydrogens is 554 g/mol. The topological polar surface area (TPSA) is 115 Å². The van der Waals surface area contributed by atoms with E-state index in [9.17, 15) is 14.4 Å². The maximum atomic E-state index is 13.8. The van der Waals surface area contributed by atoms with Crippen LogP contribution in [-0.4, -0.2) is 57.2 Å². The third-order valence-corrected chi connectivity index (χ3v) is 8.77. The first-order valence-corrected chi connectivity index (χ1v) is 16.0. The van der Waals surface area contributed by atoms with E-state index in [1.54, 1.807) is 45.2 Å². The minimum Gasteiger partial charge on any atom is -0.493 e. The van der Waals surface area contributed by atoms with Crippen molar-refractivity contribution in [1.29, 1.82) is 0 Å². The van der Waals surface area contributed by atoms with Crippen LogP contribution in [0.25, 0.3) is 11.1 Å². The Balaban J connectivity index is 1.81. The van der Waals surface area contributed by atoms with E-state index in [0.717, 1.165) is 48.1 Å². The Kier molecular flexibility index (Phi) is 11.0. The zero-order valence-electron chi connectivity index (χ0n) is 25.3. The largest absolute Gasteiger partial charge is 0.493 e. The monoisotopic (exact) mass is 597 g/mol. The number of hydrogen-bond donors (Lipinski definition) is 3. The number of aryl methyl sites for hydroxylation is 1. The van der Waals surface area contributed by atoms with Crippen molar-refractivity contribution in [3.8, 4) is 28.4 Å². The predicted octanol–water partition coefficient (Wildman–Crippen LogP) is 4.85. The van der Waals surface area contributed by atoms with Gasteiger partial charge in [-0.3, -0.25) is 14.4 Å². The first-order chi connectivity index (χ1) is 20.3. The van der Waals surface area contributed by atoms with Gasteiger partial charge in [0.2, 0.25) is 23.0 Å². The minimum atomic E-state index is -0.549. The Bertz CT molecular complexity index is 1340. The first kappa shape index (κ1) is 31.5. The lowest BCUT2D eigenvalue weighted by Gasteiger charge is -2.26. The highest BCUT2D eigenvalue weighted by Gasteiger charge is 2.30. The smallest absolute Gasteiger partial charge is 0.242 e. The molecule has 1 saturated carbocycles. The molecule has 0 spiro atoms. The van der Waals surface area contributed by atoms with Crippen LogP contribution in [0.2, 0.25) is 0 Å². The molecule has 2 aromatic carbocycles.